The fourth-order valence-electron chi connectivity index (χ4n) is 3.86. The standard InChI is InChI=1S/C24H23N5OS/c1-15(2)29-23(19-13-31-20-6-4-3-5-18(19)20)28-21-22(26-14-27-24(21)29)25-12-11-16-7-9-17(30)10-8-16/h3-10,13-15,30H,11-12H2,1-2H3,(H,25,26,27). The molecule has 0 aliphatic heterocycles. The molecule has 0 atom stereocenters. The van der Waals surface area contributed by atoms with Crippen LogP contribution >= 0.6 is 11.3 Å². The van der Waals surface area contributed by atoms with Crippen LogP contribution in [0.5, 0.6) is 5.75 Å². The number of phenolic OH excluding ortho intramolecular Hbond substituents is 1. The Labute approximate surface area is 184 Å². The molecule has 0 saturated carbocycles. The number of hydrogen-bond acceptors (Lipinski definition) is 6. The third-order valence-corrected chi connectivity index (χ3v) is 6.32. The number of imidazole rings is 1. The molecule has 0 fully saturated rings. The van der Waals surface area contributed by atoms with Crippen molar-refractivity contribution in [2.75, 3.05) is 11.9 Å². The van der Waals surface area contributed by atoms with Crippen molar-refractivity contribution < 1.29 is 5.11 Å². The van der Waals surface area contributed by atoms with Crippen LogP contribution < -0.4 is 5.32 Å². The molecular formula is C24H23N5OS. The Morgan fingerprint density at radius 2 is 1.87 bits per heavy atom. The molecular weight excluding hydrogens is 406 g/mol. The lowest BCUT2D eigenvalue weighted by Gasteiger charge is -2.12. The third-order valence-electron chi connectivity index (χ3n) is 5.36. The van der Waals surface area contributed by atoms with Crippen LogP contribution in [0.3, 0.4) is 0 Å². The second kappa shape index (κ2) is 8.00. The van der Waals surface area contributed by atoms with Gasteiger partial charge in [-0.15, -0.1) is 11.3 Å². The van der Waals surface area contributed by atoms with Crippen LogP contribution in [0.25, 0.3) is 32.6 Å². The summed E-state index contributed by atoms with van der Waals surface area (Å²) in [4.78, 5) is 14.1. The van der Waals surface area contributed by atoms with E-state index in [2.05, 4.69) is 63.3 Å². The molecule has 0 spiro atoms. The summed E-state index contributed by atoms with van der Waals surface area (Å²) in [5, 5.41) is 16.3. The molecule has 0 amide bonds. The van der Waals surface area contributed by atoms with Crippen molar-refractivity contribution in [3.63, 3.8) is 0 Å². The van der Waals surface area contributed by atoms with E-state index in [1.165, 1.54) is 10.1 Å². The average Bonchev–Trinajstić information content (AvgIpc) is 3.37. The minimum absolute atomic E-state index is 0.207. The summed E-state index contributed by atoms with van der Waals surface area (Å²) >= 11 is 1.73. The molecule has 0 aliphatic rings. The summed E-state index contributed by atoms with van der Waals surface area (Å²) in [5.41, 5.74) is 3.89. The van der Waals surface area contributed by atoms with Crippen molar-refractivity contribution in [3.8, 4) is 17.1 Å². The van der Waals surface area contributed by atoms with Gasteiger partial charge >= 0.3 is 0 Å². The maximum Gasteiger partial charge on any atom is 0.166 e. The first kappa shape index (κ1) is 19.5. The molecule has 5 rings (SSSR count). The Morgan fingerprint density at radius 1 is 1.06 bits per heavy atom. The molecule has 31 heavy (non-hydrogen) atoms. The van der Waals surface area contributed by atoms with Crippen molar-refractivity contribution in [1.29, 1.82) is 0 Å². The van der Waals surface area contributed by atoms with Gasteiger partial charge in [0.2, 0.25) is 0 Å². The zero-order chi connectivity index (χ0) is 21.4. The van der Waals surface area contributed by atoms with Gasteiger partial charge in [0.05, 0.1) is 0 Å². The highest BCUT2D eigenvalue weighted by Crippen LogP contribution is 2.37. The summed E-state index contributed by atoms with van der Waals surface area (Å²) in [7, 11) is 0. The summed E-state index contributed by atoms with van der Waals surface area (Å²) in [6, 6.07) is 15.9. The van der Waals surface area contributed by atoms with E-state index in [0.29, 0.717) is 6.54 Å². The van der Waals surface area contributed by atoms with E-state index >= 15 is 0 Å². The van der Waals surface area contributed by atoms with Gasteiger partial charge in [0.15, 0.2) is 17.0 Å². The quantitative estimate of drug-likeness (QED) is 0.365. The molecule has 0 saturated heterocycles. The van der Waals surface area contributed by atoms with Gasteiger partial charge in [-0.3, -0.25) is 0 Å². The lowest BCUT2D eigenvalue weighted by atomic mass is 10.1. The average molecular weight is 430 g/mol. The SMILES string of the molecule is CC(C)n1c(-c2csc3ccccc23)nc2c(NCCc3ccc(O)cc3)ncnc21. The molecule has 6 nitrogen and oxygen atoms in total. The Bertz CT molecular complexity index is 1350. The van der Waals surface area contributed by atoms with Crippen molar-refractivity contribution >= 4 is 38.4 Å². The van der Waals surface area contributed by atoms with Gasteiger partial charge in [0.1, 0.15) is 17.9 Å². The van der Waals surface area contributed by atoms with E-state index in [9.17, 15) is 5.11 Å². The van der Waals surface area contributed by atoms with Crippen LogP contribution in [0.15, 0.2) is 60.2 Å². The van der Waals surface area contributed by atoms with Crippen LogP contribution in [0.2, 0.25) is 0 Å². The smallest absolute Gasteiger partial charge is 0.166 e. The lowest BCUT2D eigenvalue weighted by Crippen LogP contribution is -2.08. The molecule has 5 aromatic rings. The molecule has 0 aliphatic carbocycles. The fourth-order valence-corrected chi connectivity index (χ4v) is 4.80. The number of hydrogen-bond donors (Lipinski definition) is 2. The molecule has 3 aromatic heterocycles. The normalized spacial score (nSPS) is 11.6. The minimum atomic E-state index is 0.207. The van der Waals surface area contributed by atoms with E-state index < -0.39 is 0 Å². The number of aromatic nitrogens is 4. The van der Waals surface area contributed by atoms with Crippen molar-refractivity contribution in [2.45, 2.75) is 26.3 Å². The molecule has 7 heteroatoms. The number of phenols is 1. The maximum atomic E-state index is 9.45. The number of benzene rings is 2. The molecule has 0 radical (unpaired) electrons. The van der Waals surface area contributed by atoms with Crippen molar-refractivity contribution in [2.24, 2.45) is 0 Å². The van der Waals surface area contributed by atoms with E-state index in [1.54, 1.807) is 29.8 Å². The number of aromatic hydroxyl groups is 1. The zero-order valence-electron chi connectivity index (χ0n) is 17.4. The topological polar surface area (TPSA) is 75.9 Å². The first-order chi connectivity index (χ1) is 15.1. The number of fused-ring (bicyclic) bond motifs is 2. The third kappa shape index (κ3) is 3.61. The van der Waals surface area contributed by atoms with Crippen LogP contribution in [0.1, 0.15) is 25.5 Å². The number of anilines is 1. The molecule has 0 bridgehead atoms. The van der Waals surface area contributed by atoms with E-state index in [4.69, 9.17) is 4.98 Å². The van der Waals surface area contributed by atoms with E-state index in [-0.39, 0.29) is 11.8 Å². The summed E-state index contributed by atoms with van der Waals surface area (Å²) < 4.78 is 3.44. The predicted molar refractivity (Wildman–Crippen MR) is 127 cm³/mol. The van der Waals surface area contributed by atoms with E-state index in [1.807, 2.05) is 12.1 Å². The van der Waals surface area contributed by atoms with Crippen LogP contribution in [-0.2, 0) is 6.42 Å². The molecule has 3 heterocycles. The Hall–Kier alpha value is -3.45. The zero-order valence-corrected chi connectivity index (χ0v) is 18.2. The lowest BCUT2D eigenvalue weighted by molar-refractivity contribution is 0.475. The second-order valence-corrected chi connectivity index (χ2v) is 8.69. The van der Waals surface area contributed by atoms with Gasteiger partial charge in [-0.25, -0.2) is 15.0 Å². The molecule has 0 unspecified atom stereocenters. The Kier molecular flexibility index (Phi) is 5.03. The largest absolute Gasteiger partial charge is 0.508 e. The first-order valence-corrected chi connectivity index (χ1v) is 11.2. The van der Waals surface area contributed by atoms with Crippen molar-refractivity contribution in [3.05, 3.63) is 65.8 Å². The van der Waals surface area contributed by atoms with Gasteiger partial charge < -0.3 is 15.0 Å². The highest BCUT2D eigenvalue weighted by molar-refractivity contribution is 7.17. The number of rotatable bonds is 6. The molecule has 2 N–H and O–H groups in total. The van der Waals surface area contributed by atoms with E-state index in [0.717, 1.165) is 40.4 Å². The number of thiophene rings is 1. The summed E-state index contributed by atoms with van der Waals surface area (Å²) in [6.45, 7) is 5.01. The van der Waals surface area contributed by atoms with Crippen LogP contribution in [-0.4, -0.2) is 31.2 Å². The fraction of sp³-hybridized carbons (Fsp3) is 0.208. The molecule has 156 valence electrons. The van der Waals surface area contributed by atoms with Crippen LogP contribution in [0, 0.1) is 0 Å². The number of nitrogens with one attached hydrogen (secondary N) is 1. The van der Waals surface area contributed by atoms with Gasteiger partial charge in [-0.05, 0) is 44.0 Å². The predicted octanol–water partition coefficient (Wildman–Crippen LogP) is 5.65. The van der Waals surface area contributed by atoms with Gasteiger partial charge in [-0.1, -0.05) is 30.3 Å². The maximum absolute atomic E-state index is 9.45. The highest BCUT2D eigenvalue weighted by Gasteiger charge is 2.21. The monoisotopic (exact) mass is 429 g/mol. The summed E-state index contributed by atoms with van der Waals surface area (Å²) in [5.74, 6) is 1.94. The van der Waals surface area contributed by atoms with Gasteiger partial charge in [0, 0.05) is 33.6 Å². The van der Waals surface area contributed by atoms with Gasteiger partial charge in [-0.2, -0.15) is 0 Å². The Morgan fingerprint density at radius 3 is 2.68 bits per heavy atom. The van der Waals surface area contributed by atoms with Crippen molar-refractivity contribution in [1.82, 2.24) is 19.5 Å². The second-order valence-electron chi connectivity index (χ2n) is 7.78. The first-order valence-electron chi connectivity index (χ1n) is 10.3. The van der Waals surface area contributed by atoms with Gasteiger partial charge in [0.25, 0.3) is 0 Å². The number of nitrogens with zero attached hydrogens (tertiary/aromatic N) is 4. The summed E-state index contributed by atoms with van der Waals surface area (Å²) in [6.07, 6.45) is 2.42. The Balaban J connectivity index is 1.52. The van der Waals surface area contributed by atoms with Crippen LogP contribution in [0.4, 0.5) is 5.82 Å². The minimum Gasteiger partial charge on any atom is -0.508 e. The molecule has 2 aromatic carbocycles. The highest BCUT2D eigenvalue weighted by atomic mass is 32.1.